The van der Waals surface area contributed by atoms with Gasteiger partial charge >= 0.3 is 0 Å². The number of rotatable bonds is 6. The predicted octanol–water partition coefficient (Wildman–Crippen LogP) is 2.41. The first kappa shape index (κ1) is 15.8. The molecule has 0 radical (unpaired) electrons. The molecule has 2 aromatic carbocycles. The second kappa shape index (κ2) is 7.98. The highest BCUT2D eigenvalue weighted by Crippen LogP contribution is 2.04. The van der Waals surface area contributed by atoms with Crippen LogP contribution < -0.4 is 10.6 Å². The van der Waals surface area contributed by atoms with Crippen LogP contribution in [0.2, 0.25) is 0 Å². The van der Waals surface area contributed by atoms with Crippen LogP contribution >= 0.6 is 0 Å². The monoisotopic (exact) mass is 296 g/mol. The molecule has 0 fully saturated rings. The molecule has 4 heteroatoms. The van der Waals surface area contributed by atoms with Crippen LogP contribution in [0.4, 0.5) is 0 Å². The second-order valence-electron chi connectivity index (χ2n) is 4.93. The lowest BCUT2D eigenvalue weighted by atomic mass is 10.1. The number of hydrogen-bond acceptors (Lipinski definition) is 2. The summed E-state index contributed by atoms with van der Waals surface area (Å²) in [6.45, 7) is 2.87. The summed E-state index contributed by atoms with van der Waals surface area (Å²) in [4.78, 5) is 23.7. The minimum atomic E-state index is -0.137. The maximum atomic E-state index is 11.9. The molecule has 2 aromatic rings. The Bertz CT molecular complexity index is 621. The van der Waals surface area contributed by atoms with Gasteiger partial charge in [0.05, 0.1) is 0 Å². The van der Waals surface area contributed by atoms with Crippen LogP contribution in [0.1, 0.15) is 33.2 Å². The molecule has 0 heterocycles. The molecule has 0 saturated heterocycles. The Kier molecular flexibility index (Phi) is 5.72. The second-order valence-corrected chi connectivity index (χ2v) is 4.93. The lowest BCUT2D eigenvalue weighted by Gasteiger charge is -2.07. The molecule has 0 aliphatic rings. The summed E-state index contributed by atoms with van der Waals surface area (Å²) < 4.78 is 0. The summed E-state index contributed by atoms with van der Waals surface area (Å²) in [5, 5.41) is 5.56. The Morgan fingerprint density at radius 2 is 1.27 bits per heavy atom. The van der Waals surface area contributed by atoms with Crippen LogP contribution in [0.3, 0.4) is 0 Å². The first-order valence-corrected chi connectivity index (χ1v) is 7.41. The Balaban J connectivity index is 1.74. The Hall–Kier alpha value is -2.62. The van der Waals surface area contributed by atoms with Gasteiger partial charge in [0, 0.05) is 24.2 Å². The van der Waals surface area contributed by atoms with E-state index >= 15 is 0 Å². The molecule has 0 aliphatic heterocycles. The fourth-order valence-corrected chi connectivity index (χ4v) is 2.04. The largest absolute Gasteiger partial charge is 0.350 e. The molecule has 0 atom stereocenters. The summed E-state index contributed by atoms with van der Waals surface area (Å²) in [6, 6.07) is 16.5. The average molecular weight is 296 g/mol. The molecule has 0 aromatic heterocycles. The van der Waals surface area contributed by atoms with E-state index in [9.17, 15) is 9.59 Å². The van der Waals surface area contributed by atoms with E-state index in [0.29, 0.717) is 24.2 Å². The van der Waals surface area contributed by atoms with Gasteiger partial charge in [-0.2, -0.15) is 0 Å². The highest BCUT2D eigenvalue weighted by Gasteiger charge is 2.06. The summed E-state index contributed by atoms with van der Waals surface area (Å²) in [7, 11) is 0. The van der Waals surface area contributed by atoms with Crippen LogP contribution in [0.5, 0.6) is 0 Å². The zero-order valence-electron chi connectivity index (χ0n) is 12.6. The van der Waals surface area contributed by atoms with Crippen LogP contribution in [-0.2, 0) is 6.42 Å². The zero-order chi connectivity index (χ0) is 15.8. The molecule has 2 rings (SSSR count). The van der Waals surface area contributed by atoms with Crippen molar-refractivity contribution in [3.8, 4) is 0 Å². The van der Waals surface area contributed by atoms with E-state index in [1.165, 1.54) is 5.56 Å². The summed E-state index contributed by atoms with van der Waals surface area (Å²) in [5.41, 5.74) is 2.45. The van der Waals surface area contributed by atoms with Gasteiger partial charge in [-0.15, -0.1) is 0 Å². The van der Waals surface area contributed by atoms with E-state index in [4.69, 9.17) is 0 Å². The van der Waals surface area contributed by atoms with Crippen molar-refractivity contribution in [2.45, 2.75) is 13.3 Å². The average Bonchev–Trinajstić information content (AvgIpc) is 2.59. The summed E-state index contributed by atoms with van der Waals surface area (Å²) in [6.07, 6.45) is 0.952. The maximum absolute atomic E-state index is 11.9. The molecular weight excluding hydrogens is 276 g/mol. The Labute approximate surface area is 130 Å². The van der Waals surface area contributed by atoms with Crippen molar-refractivity contribution >= 4 is 11.8 Å². The number of aryl methyl sites for hydroxylation is 1. The minimum Gasteiger partial charge on any atom is -0.350 e. The molecule has 4 nitrogen and oxygen atoms in total. The van der Waals surface area contributed by atoms with Gasteiger partial charge in [0.25, 0.3) is 11.8 Å². The predicted molar refractivity (Wildman–Crippen MR) is 86.9 cm³/mol. The fourth-order valence-electron chi connectivity index (χ4n) is 2.04. The van der Waals surface area contributed by atoms with Gasteiger partial charge in [0.1, 0.15) is 0 Å². The van der Waals surface area contributed by atoms with Crippen molar-refractivity contribution in [3.63, 3.8) is 0 Å². The molecule has 0 bridgehead atoms. The standard InChI is InChI=1S/C18H20N2O2/c1-2-14-8-10-16(11-9-14)18(22)20-13-12-19-17(21)15-6-4-3-5-7-15/h3-11H,2,12-13H2,1H3,(H,19,21)(H,20,22). The molecule has 2 amide bonds. The molecule has 114 valence electrons. The third-order valence-corrected chi connectivity index (χ3v) is 3.36. The van der Waals surface area contributed by atoms with Crippen LogP contribution in [0.15, 0.2) is 54.6 Å². The van der Waals surface area contributed by atoms with E-state index < -0.39 is 0 Å². The number of nitrogens with one attached hydrogen (secondary N) is 2. The molecule has 22 heavy (non-hydrogen) atoms. The summed E-state index contributed by atoms with van der Waals surface area (Å²) >= 11 is 0. The van der Waals surface area contributed by atoms with Crippen LogP contribution in [0.25, 0.3) is 0 Å². The quantitative estimate of drug-likeness (QED) is 0.804. The highest BCUT2D eigenvalue weighted by atomic mass is 16.2. The van der Waals surface area contributed by atoms with E-state index in [1.807, 2.05) is 42.5 Å². The van der Waals surface area contributed by atoms with E-state index in [2.05, 4.69) is 17.6 Å². The lowest BCUT2D eigenvalue weighted by molar-refractivity contribution is 0.0927. The van der Waals surface area contributed by atoms with E-state index in [1.54, 1.807) is 12.1 Å². The summed E-state index contributed by atoms with van der Waals surface area (Å²) in [5.74, 6) is -0.265. The normalized spacial score (nSPS) is 10.0. The minimum absolute atomic E-state index is 0.128. The van der Waals surface area contributed by atoms with Crippen molar-refractivity contribution in [2.75, 3.05) is 13.1 Å². The first-order chi connectivity index (χ1) is 10.7. The highest BCUT2D eigenvalue weighted by molar-refractivity contribution is 5.95. The fraction of sp³-hybridized carbons (Fsp3) is 0.222. The van der Waals surface area contributed by atoms with Crippen LogP contribution in [0, 0.1) is 0 Å². The van der Waals surface area contributed by atoms with Gasteiger partial charge in [-0.3, -0.25) is 9.59 Å². The third kappa shape index (κ3) is 4.45. The van der Waals surface area contributed by atoms with Gasteiger partial charge < -0.3 is 10.6 Å². The van der Waals surface area contributed by atoms with Gasteiger partial charge in [-0.25, -0.2) is 0 Å². The molecule has 0 spiro atoms. The number of hydrogen-bond donors (Lipinski definition) is 2. The van der Waals surface area contributed by atoms with Crippen molar-refractivity contribution in [1.29, 1.82) is 0 Å². The van der Waals surface area contributed by atoms with Gasteiger partial charge in [-0.1, -0.05) is 37.3 Å². The lowest BCUT2D eigenvalue weighted by Crippen LogP contribution is -2.34. The number of carbonyl (C=O) groups excluding carboxylic acids is 2. The van der Waals surface area contributed by atoms with E-state index in [-0.39, 0.29) is 11.8 Å². The van der Waals surface area contributed by atoms with Gasteiger partial charge in [0.15, 0.2) is 0 Å². The molecule has 0 unspecified atom stereocenters. The molecular formula is C18H20N2O2. The van der Waals surface area contributed by atoms with Crippen molar-refractivity contribution in [2.24, 2.45) is 0 Å². The Morgan fingerprint density at radius 3 is 1.77 bits per heavy atom. The smallest absolute Gasteiger partial charge is 0.251 e. The van der Waals surface area contributed by atoms with Crippen molar-refractivity contribution < 1.29 is 9.59 Å². The SMILES string of the molecule is CCc1ccc(C(=O)NCCNC(=O)c2ccccc2)cc1. The number of carbonyl (C=O) groups is 2. The van der Waals surface area contributed by atoms with Crippen molar-refractivity contribution in [3.05, 3.63) is 71.3 Å². The maximum Gasteiger partial charge on any atom is 0.251 e. The van der Waals surface area contributed by atoms with Crippen LogP contribution in [-0.4, -0.2) is 24.9 Å². The number of amides is 2. The first-order valence-electron chi connectivity index (χ1n) is 7.41. The van der Waals surface area contributed by atoms with Gasteiger partial charge in [-0.05, 0) is 36.2 Å². The topological polar surface area (TPSA) is 58.2 Å². The molecule has 0 saturated carbocycles. The van der Waals surface area contributed by atoms with Crippen molar-refractivity contribution in [1.82, 2.24) is 10.6 Å². The third-order valence-electron chi connectivity index (χ3n) is 3.36. The van der Waals surface area contributed by atoms with E-state index in [0.717, 1.165) is 6.42 Å². The molecule has 2 N–H and O–H groups in total. The molecule has 0 aliphatic carbocycles. The Morgan fingerprint density at radius 1 is 0.773 bits per heavy atom. The van der Waals surface area contributed by atoms with Gasteiger partial charge in [0.2, 0.25) is 0 Å². The zero-order valence-corrected chi connectivity index (χ0v) is 12.6. The number of benzene rings is 2.